The Bertz CT molecular complexity index is 1240. The molecule has 0 bridgehead atoms. The summed E-state index contributed by atoms with van der Waals surface area (Å²) in [4.78, 5) is 53.7. The molecule has 2 aliphatic rings. The summed E-state index contributed by atoms with van der Waals surface area (Å²) in [5, 5.41) is 10.1. The van der Waals surface area contributed by atoms with Crippen molar-refractivity contribution in [3.8, 4) is 0 Å². The maximum atomic E-state index is 12.9. The molecule has 376 valence electrons. The van der Waals surface area contributed by atoms with Gasteiger partial charge in [0.25, 0.3) is 0 Å². The normalized spacial score (nSPS) is 16.9. The van der Waals surface area contributed by atoms with Gasteiger partial charge in [-0.15, -0.1) is 0 Å². The van der Waals surface area contributed by atoms with Crippen LogP contribution in [0.25, 0.3) is 0 Å². The van der Waals surface area contributed by atoms with Crippen LogP contribution in [-0.4, -0.2) is 85.8 Å². The second kappa shape index (κ2) is 43.0. The number of imide groups is 2. The van der Waals surface area contributed by atoms with E-state index in [0.29, 0.717) is 39.0 Å². The number of allylic oxidation sites excluding steroid dienone is 2. The molecule has 9 nitrogen and oxygen atoms in total. The second-order valence-corrected chi connectivity index (χ2v) is 19.7. The lowest BCUT2D eigenvalue weighted by Crippen LogP contribution is -2.40. The van der Waals surface area contributed by atoms with Gasteiger partial charge in [0, 0.05) is 65.2 Å². The fraction of sp³-hybridized carbons (Fsp3) is 0.857. The lowest BCUT2D eigenvalue weighted by atomic mass is 10.0. The Morgan fingerprint density at radius 3 is 0.892 bits per heavy atom. The van der Waals surface area contributed by atoms with Crippen LogP contribution >= 0.6 is 0 Å². The van der Waals surface area contributed by atoms with Crippen LogP contribution in [-0.2, 0) is 19.2 Å². The smallest absolute Gasteiger partial charge is 0.236 e. The Morgan fingerprint density at radius 1 is 0.369 bits per heavy atom. The van der Waals surface area contributed by atoms with Crippen molar-refractivity contribution in [1.82, 2.24) is 25.8 Å². The molecule has 0 aromatic rings. The van der Waals surface area contributed by atoms with Crippen LogP contribution in [0, 0.1) is 11.8 Å². The fourth-order valence-corrected chi connectivity index (χ4v) is 9.44. The number of nitrogens with zero attached hydrogens (tertiary/aromatic N) is 2. The highest BCUT2D eigenvalue weighted by Gasteiger charge is 2.37. The Labute approximate surface area is 400 Å². The third kappa shape index (κ3) is 31.3. The van der Waals surface area contributed by atoms with E-state index < -0.39 is 0 Å². The van der Waals surface area contributed by atoms with Crippen molar-refractivity contribution in [1.29, 1.82) is 0 Å². The number of unbranched alkanes of at least 4 members (excludes halogenated alkanes) is 32. The van der Waals surface area contributed by atoms with Crippen LogP contribution in [0.1, 0.15) is 245 Å². The number of likely N-dealkylation sites (tertiary alicyclic amines) is 2. The summed E-state index contributed by atoms with van der Waals surface area (Å²) < 4.78 is 0. The molecule has 0 aromatic heterocycles. The van der Waals surface area contributed by atoms with Gasteiger partial charge >= 0.3 is 0 Å². The predicted octanol–water partition coefficient (Wildman–Crippen LogP) is 12.9. The van der Waals surface area contributed by atoms with Crippen LogP contribution in [0.15, 0.2) is 24.3 Å². The van der Waals surface area contributed by atoms with Gasteiger partial charge in [-0.05, 0) is 25.7 Å². The van der Waals surface area contributed by atoms with Gasteiger partial charge in [0.05, 0.1) is 11.8 Å². The molecule has 65 heavy (non-hydrogen) atoms. The van der Waals surface area contributed by atoms with Gasteiger partial charge < -0.3 is 16.0 Å². The Hall–Kier alpha value is -2.36. The molecular formula is C56H103N5O4. The average Bonchev–Trinajstić information content (AvgIpc) is 3.73. The highest BCUT2D eigenvalue weighted by molar-refractivity contribution is 6.05. The maximum absolute atomic E-state index is 12.9. The molecule has 2 unspecified atom stereocenters. The van der Waals surface area contributed by atoms with E-state index >= 15 is 0 Å². The molecule has 0 spiro atoms. The standard InChI is InChI=1S/C56H103N5O4/c1-3-5-7-9-11-13-15-17-19-21-22-23-24-26-28-30-32-34-36-38-40-52-50-54(63)61(56(52)65)48-46-59-44-42-57-41-43-58-45-47-60-53(62)49-51(55(60)64)39-37-35-33-31-29-27-25-20-18-16-14-12-10-8-6-4-2/h37-40,51-52,57-59H,3-36,41-50H2,1-2H3/b39-37+,40-38+. The summed E-state index contributed by atoms with van der Waals surface area (Å²) in [6.45, 7) is 9.57. The van der Waals surface area contributed by atoms with Crippen LogP contribution in [0.5, 0.6) is 0 Å². The molecule has 2 fully saturated rings. The van der Waals surface area contributed by atoms with Crippen molar-refractivity contribution in [2.24, 2.45) is 11.8 Å². The Balaban J connectivity index is 1.35. The summed E-state index contributed by atoms with van der Waals surface area (Å²) >= 11 is 0. The fourth-order valence-electron chi connectivity index (χ4n) is 9.44. The largest absolute Gasteiger partial charge is 0.314 e. The lowest BCUT2D eigenvalue weighted by Gasteiger charge is -2.15. The van der Waals surface area contributed by atoms with E-state index in [4.69, 9.17) is 0 Å². The van der Waals surface area contributed by atoms with E-state index in [1.165, 1.54) is 202 Å². The van der Waals surface area contributed by atoms with Gasteiger partial charge in [-0.1, -0.05) is 231 Å². The highest BCUT2D eigenvalue weighted by Crippen LogP contribution is 2.23. The Morgan fingerprint density at radius 2 is 0.615 bits per heavy atom. The Kier molecular flexibility index (Phi) is 38.8. The molecule has 2 saturated heterocycles. The second-order valence-electron chi connectivity index (χ2n) is 19.7. The molecule has 2 aliphatic heterocycles. The zero-order valence-electron chi connectivity index (χ0n) is 42.6. The molecule has 0 aromatic carbocycles. The molecule has 2 atom stereocenters. The van der Waals surface area contributed by atoms with Crippen LogP contribution < -0.4 is 16.0 Å². The number of carbonyl (C=O) groups is 4. The van der Waals surface area contributed by atoms with Crippen molar-refractivity contribution < 1.29 is 19.2 Å². The van der Waals surface area contributed by atoms with E-state index in [2.05, 4.69) is 41.9 Å². The molecule has 4 amide bonds. The molecule has 2 rings (SSSR count). The highest BCUT2D eigenvalue weighted by atomic mass is 16.2. The number of nitrogens with one attached hydrogen (secondary N) is 3. The number of hydrogen-bond acceptors (Lipinski definition) is 7. The summed E-state index contributed by atoms with van der Waals surface area (Å²) in [7, 11) is 0. The zero-order chi connectivity index (χ0) is 46.7. The van der Waals surface area contributed by atoms with Crippen molar-refractivity contribution in [2.45, 2.75) is 245 Å². The lowest BCUT2D eigenvalue weighted by molar-refractivity contribution is -0.140. The van der Waals surface area contributed by atoms with Gasteiger partial charge in [0.15, 0.2) is 0 Å². The minimum atomic E-state index is -0.305. The van der Waals surface area contributed by atoms with E-state index in [9.17, 15) is 19.2 Å². The van der Waals surface area contributed by atoms with E-state index in [1.54, 1.807) is 0 Å². The van der Waals surface area contributed by atoms with Gasteiger partial charge in [-0.2, -0.15) is 0 Å². The minimum Gasteiger partial charge on any atom is -0.314 e. The minimum absolute atomic E-state index is 0.0604. The van der Waals surface area contributed by atoms with E-state index in [1.807, 2.05) is 12.2 Å². The van der Waals surface area contributed by atoms with Crippen molar-refractivity contribution in [3.05, 3.63) is 24.3 Å². The first-order valence-electron chi connectivity index (χ1n) is 28.1. The van der Waals surface area contributed by atoms with Crippen molar-refractivity contribution >= 4 is 23.6 Å². The summed E-state index contributed by atoms with van der Waals surface area (Å²) in [5.74, 6) is -0.864. The number of hydrogen-bond donors (Lipinski definition) is 3. The number of carbonyl (C=O) groups excluding carboxylic acids is 4. The zero-order valence-corrected chi connectivity index (χ0v) is 42.6. The summed E-state index contributed by atoms with van der Waals surface area (Å²) in [6.07, 6.45) is 54.4. The first-order valence-corrected chi connectivity index (χ1v) is 28.1. The molecule has 2 heterocycles. The van der Waals surface area contributed by atoms with Gasteiger partial charge in [-0.25, -0.2) is 0 Å². The monoisotopic (exact) mass is 910 g/mol. The molecule has 0 saturated carbocycles. The summed E-state index contributed by atoms with van der Waals surface area (Å²) in [6, 6.07) is 0. The van der Waals surface area contributed by atoms with Crippen LogP contribution in [0.3, 0.4) is 0 Å². The SMILES string of the molecule is CCCCCCCCCCCCCCCC/C=C/C1CC(=O)N(CCNCCNCCNCCN2C(=O)CC(/C=C/CCCCCCCCCCCCCCCCCCCC)C2=O)C1=O. The van der Waals surface area contributed by atoms with Crippen molar-refractivity contribution in [3.63, 3.8) is 0 Å². The van der Waals surface area contributed by atoms with Gasteiger partial charge in [0.1, 0.15) is 0 Å². The maximum Gasteiger partial charge on any atom is 0.236 e. The third-order valence-electron chi connectivity index (χ3n) is 13.7. The quantitative estimate of drug-likeness (QED) is 0.0317. The third-order valence-corrected chi connectivity index (χ3v) is 13.7. The predicted molar refractivity (Wildman–Crippen MR) is 275 cm³/mol. The molecular weight excluding hydrogens is 807 g/mol. The molecule has 3 N–H and O–H groups in total. The van der Waals surface area contributed by atoms with Crippen LogP contribution in [0.2, 0.25) is 0 Å². The van der Waals surface area contributed by atoms with Crippen molar-refractivity contribution in [2.75, 3.05) is 52.4 Å². The first-order chi connectivity index (χ1) is 32.0. The first kappa shape index (κ1) is 58.8. The van der Waals surface area contributed by atoms with Gasteiger partial charge in [-0.3, -0.25) is 29.0 Å². The summed E-state index contributed by atoms with van der Waals surface area (Å²) in [5.41, 5.74) is 0. The number of amides is 4. The van der Waals surface area contributed by atoms with E-state index in [0.717, 1.165) is 51.9 Å². The van der Waals surface area contributed by atoms with Gasteiger partial charge in [0.2, 0.25) is 23.6 Å². The topological polar surface area (TPSA) is 111 Å². The number of rotatable bonds is 48. The molecule has 0 radical (unpaired) electrons. The molecule has 9 heteroatoms. The van der Waals surface area contributed by atoms with E-state index in [-0.39, 0.29) is 35.5 Å². The average molecular weight is 910 g/mol. The van der Waals surface area contributed by atoms with Crippen LogP contribution in [0.4, 0.5) is 0 Å². The molecule has 0 aliphatic carbocycles.